The Labute approximate surface area is 124 Å². The van der Waals surface area contributed by atoms with Gasteiger partial charge in [0.05, 0.1) is 16.9 Å². The summed E-state index contributed by atoms with van der Waals surface area (Å²) >= 11 is 6.30. The molecule has 1 unspecified atom stereocenters. The number of nitrogens with one attached hydrogen (secondary N) is 1. The van der Waals surface area contributed by atoms with E-state index in [0.29, 0.717) is 5.02 Å². The van der Waals surface area contributed by atoms with E-state index in [9.17, 15) is 0 Å². The van der Waals surface area contributed by atoms with Crippen molar-refractivity contribution in [3.8, 4) is 0 Å². The molecule has 2 aromatic heterocycles. The molecule has 1 atom stereocenters. The Kier molecular flexibility index (Phi) is 5.09. The van der Waals surface area contributed by atoms with Crippen LogP contribution in [0.2, 0.25) is 5.02 Å². The lowest BCUT2D eigenvalue weighted by Gasteiger charge is -2.19. The average molecular weight is 294 g/mol. The van der Waals surface area contributed by atoms with Crippen LogP contribution in [0.15, 0.2) is 18.6 Å². The molecule has 108 valence electrons. The van der Waals surface area contributed by atoms with Gasteiger partial charge in [0.1, 0.15) is 6.04 Å². The number of rotatable bonds is 6. The molecule has 2 aromatic rings. The molecular weight excluding hydrogens is 274 g/mol. The minimum atomic E-state index is -0.134. The number of nitrogens with zero attached hydrogens (tertiary/aromatic N) is 4. The van der Waals surface area contributed by atoms with Gasteiger partial charge in [-0.2, -0.15) is 5.10 Å². The first-order chi connectivity index (χ1) is 9.67. The Hall–Kier alpha value is -1.46. The summed E-state index contributed by atoms with van der Waals surface area (Å²) in [5, 5.41) is 8.39. The molecule has 0 aromatic carbocycles. The smallest absolute Gasteiger partial charge is 0.151 e. The minimum Gasteiger partial charge on any atom is -0.302 e. The lowest BCUT2D eigenvalue weighted by molar-refractivity contribution is 0.512. The summed E-state index contributed by atoms with van der Waals surface area (Å²) in [6, 6.07) is -0.134. The molecule has 20 heavy (non-hydrogen) atoms. The van der Waals surface area contributed by atoms with Crippen LogP contribution in [0.1, 0.15) is 43.4 Å². The summed E-state index contributed by atoms with van der Waals surface area (Å²) in [6.07, 6.45) is 6.35. The molecule has 0 amide bonds. The molecule has 0 aliphatic rings. The Morgan fingerprint density at radius 3 is 2.55 bits per heavy atom. The highest BCUT2D eigenvalue weighted by Crippen LogP contribution is 2.26. The summed E-state index contributed by atoms with van der Waals surface area (Å²) < 4.78 is 1.89. The van der Waals surface area contributed by atoms with Crippen molar-refractivity contribution in [3.05, 3.63) is 40.7 Å². The van der Waals surface area contributed by atoms with E-state index in [1.54, 1.807) is 6.20 Å². The van der Waals surface area contributed by atoms with E-state index in [4.69, 9.17) is 11.6 Å². The molecule has 1 N–H and O–H groups in total. The number of aromatic nitrogens is 4. The van der Waals surface area contributed by atoms with Crippen molar-refractivity contribution in [2.45, 2.75) is 39.8 Å². The van der Waals surface area contributed by atoms with Gasteiger partial charge in [-0.25, -0.2) is 9.97 Å². The maximum Gasteiger partial charge on any atom is 0.151 e. The van der Waals surface area contributed by atoms with E-state index < -0.39 is 0 Å². The molecule has 6 heteroatoms. The summed E-state index contributed by atoms with van der Waals surface area (Å²) in [6.45, 7) is 7.77. The molecule has 2 heterocycles. The molecule has 5 nitrogen and oxygen atoms in total. The van der Waals surface area contributed by atoms with E-state index in [-0.39, 0.29) is 6.04 Å². The van der Waals surface area contributed by atoms with E-state index in [0.717, 1.165) is 36.6 Å². The molecular formula is C14H20ClN5. The molecule has 2 rings (SSSR count). The Balaban J connectivity index is 2.41. The maximum absolute atomic E-state index is 6.30. The Morgan fingerprint density at radius 2 is 1.95 bits per heavy atom. The third-order valence-electron chi connectivity index (χ3n) is 3.06. The van der Waals surface area contributed by atoms with Crippen LogP contribution >= 0.6 is 11.6 Å². The Bertz CT molecular complexity index is 549. The summed E-state index contributed by atoms with van der Waals surface area (Å²) in [4.78, 5) is 8.86. The Morgan fingerprint density at radius 1 is 1.25 bits per heavy atom. The maximum atomic E-state index is 6.30. The topological polar surface area (TPSA) is 55.6 Å². The number of halogens is 1. The normalized spacial score (nSPS) is 12.6. The van der Waals surface area contributed by atoms with Gasteiger partial charge >= 0.3 is 0 Å². The molecule has 0 aliphatic heterocycles. The predicted octanol–water partition coefficient (Wildman–Crippen LogP) is 2.74. The molecule has 0 bridgehead atoms. The third kappa shape index (κ3) is 3.16. The lowest BCUT2D eigenvalue weighted by Crippen LogP contribution is -2.27. The van der Waals surface area contributed by atoms with Gasteiger partial charge in [-0.15, -0.1) is 0 Å². The average Bonchev–Trinajstić information content (AvgIpc) is 2.82. The van der Waals surface area contributed by atoms with Crippen LogP contribution in [0.25, 0.3) is 0 Å². The van der Waals surface area contributed by atoms with Gasteiger partial charge in [0, 0.05) is 18.9 Å². The second-order valence-electron chi connectivity index (χ2n) is 4.70. The van der Waals surface area contributed by atoms with Crippen molar-refractivity contribution in [1.29, 1.82) is 0 Å². The number of hydrogen-bond acceptors (Lipinski definition) is 4. The highest BCUT2D eigenvalue weighted by molar-refractivity contribution is 6.31. The number of hydrogen-bond donors (Lipinski definition) is 1. The zero-order chi connectivity index (χ0) is 14.5. The fourth-order valence-electron chi connectivity index (χ4n) is 2.06. The van der Waals surface area contributed by atoms with Crippen LogP contribution in [0.3, 0.4) is 0 Å². The molecule has 0 saturated carbocycles. The first-order valence-corrected chi connectivity index (χ1v) is 7.28. The quantitative estimate of drug-likeness (QED) is 0.890. The van der Waals surface area contributed by atoms with E-state index in [1.165, 1.54) is 0 Å². The monoisotopic (exact) mass is 293 g/mol. The van der Waals surface area contributed by atoms with Gasteiger partial charge in [0.2, 0.25) is 0 Å². The predicted molar refractivity (Wildman–Crippen MR) is 79.8 cm³/mol. The van der Waals surface area contributed by atoms with Crippen LogP contribution in [0.5, 0.6) is 0 Å². The second-order valence-corrected chi connectivity index (χ2v) is 5.11. The zero-order valence-electron chi connectivity index (χ0n) is 12.1. The molecule has 0 saturated heterocycles. The summed E-state index contributed by atoms with van der Waals surface area (Å²) in [7, 11) is 0. The van der Waals surface area contributed by atoms with Crippen molar-refractivity contribution >= 4 is 11.6 Å². The van der Waals surface area contributed by atoms with Crippen LogP contribution in [-0.4, -0.2) is 26.3 Å². The summed E-state index contributed by atoms with van der Waals surface area (Å²) in [5.74, 6) is 0.723. The first-order valence-electron chi connectivity index (χ1n) is 6.90. The number of aryl methyl sites for hydroxylation is 2. The van der Waals surface area contributed by atoms with Crippen molar-refractivity contribution in [2.24, 2.45) is 0 Å². The second kappa shape index (κ2) is 6.81. The largest absolute Gasteiger partial charge is 0.302 e. The van der Waals surface area contributed by atoms with Crippen LogP contribution < -0.4 is 5.32 Å². The zero-order valence-corrected chi connectivity index (χ0v) is 12.9. The standard InChI is InChI=1S/C14H20ClN5/c1-4-6-16-12(14-17-7-10(3)8-18-14)13-11(15)9-19-20(13)5-2/h7-9,12,16H,4-6H2,1-3H3. The van der Waals surface area contributed by atoms with Crippen molar-refractivity contribution in [3.63, 3.8) is 0 Å². The van der Waals surface area contributed by atoms with Gasteiger partial charge in [0.15, 0.2) is 5.82 Å². The van der Waals surface area contributed by atoms with Gasteiger partial charge < -0.3 is 5.32 Å². The van der Waals surface area contributed by atoms with Crippen LogP contribution in [0, 0.1) is 6.92 Å². The van der Waals surface area contributed by atoms with E-state index in [1.807, 2.05) is 30.9 Å². The van der Waals surface area contributed by atoms with Crippen LogP contribution in [-0.2, 0) is 6.54 Å². The van der Waals surface area contributed by atoms with Crippen molar-refractivity contribution in [2.75, 3.05) is 6.54 Å². The summed E-state index contributed by atoms with van der Waals surface area (Å²) in [5.41, 5.74) is 1.96. The van der Waals surface area contributed by atoms with Gasteiger partial charge in [0.25, 0.3) is 0 Å². The van der Waals surface area contributed by atoms with Gasteiger partial charge in [-0.3, -0.25) is 4.68 Å². The third-order valence-corrected chi connectivity index (χ3v) is 3.35. The first kappa shape index (κ1) is 14.9. The van der Waals surface area contributed by atoms with Crippen molar-refractivity contribution in [1.82, 2.24) is 25.1 Å². The van der Waals surface area contributed by atoms with E-state index in [2.05, 4.69) is 27.3 Å². The molecule has 0 fully saturated rings. The van der Waals surface area contributed by atoms with Gasteiger partial charge in [-0.1, -0.05) is 18.5 Å². The lowest BCUT2D eigenvalue weighted by atomic mass is 10.1. The fraction of sp³-hybridized carbons (Fsp3) is 0.500. The van der Waals surface area contributed by atoms with Crippen LogP contribution in [0.4, 0.5) is 0 Å². The fourth-order valence-corrected chi connectivity index (χ4v) is 2.31. The van der Waals surface area contributed by atoms with Crippen molar-refractivity contribution < 1.29 is 0 Å². The highest BCUT2D eigenvalue weighted by Gasteiger charge is 2.23. The highest BCUT2D eigenvalue weighted by atomic mass is 35.5. The minimum absolute atomic E-state index is 0.134. The van der Waals surface area contributed by atoms with Gasteiger partial charge in [-0.05, 0) is 32.4 Å². The molecule has 0 aliphatic carbocycles. The van der Waals surface area contributed by atoms with E-state index >= 15 is 0 Å². The SMILES string of the molecule is CCCNC(c1ncc(C)cn1)c1c(Cl)cnn1CC. The molecule has 0 spiro atoms. The molecule has 0 radical (unpaired) electrons.